The van der Waals surface area contributed by atoms with E-state index in [4.69, 9.17) is 15.8 Å². The first-order chi connectivity index (χ1) is 10.7. The lowest BCUT2D eigenvalue weighted by molar-refractivity contribution is 0.687. The number of benzene rings is 1. The van der Waals surface area contributed by atoms with E-state index in [2.05, 4.69) is 26.3 Å². The van der Waals surface area contributed by atoms with Gasteiger partial charge in [0.1, 0.15) is 23.9 Å². The molecule has 2 rings (SSSR count). The maximum absolute atomic E-state index is 8.98. The van der Waals surface area contributed by atoms with Crippen molar-refractivity contribution in [3.05, 3.63) is 58.0 Å². The molecular formula is C15H9BrN6. The minimum absolute atomic E-state index is 0.0613. The van der Waals surface area contributed by atoms with Gasteiger partial charge in [-0.15, -0.1) is 0 Å². The van der Waals surface area contributed by atoms with E-state index in [-0.39, 0.29) is 11.3 Å². The summed E-state index contributed by atoms with van der Waals surface area (Å²) in [5, 5.41) is 33.5. The van der Waals surface area contributed by atoms with Crippen LogP contribution in [0, 0.1) is 34.0 Å². The molecule has 1 aromatic carbocycles. The molecule has 0 saturated carbocycles. The number of halogens is 1. The molecule has 0 bridgehead atoms. The summed E-state index contributed by atoms with van der Waals surface area (Å²) in [6, 6.07) is 12.5. The van der Waals surface area contributed by atoms with Crippen LogP contribution in [-0.2, 0) is 6.54 Å². The quantitative estimate of drug-likeness (QED) is 0.852. The third kappa shape index (κ3) is 3.73. The first-order valence-corrected chi connectivity index (χ1v) is 6.94. The molecule has 0 saturated heterocycles. The summed E-state index contributed by atoms with van der Waals surface area (Å²) in [5.41, 5.74) is 1.36. The first kappa shape index (κ1) is 15.3. The van der Waals surface area contributed by atoms with E-state index in [9.17, 15) is 0 Å². The van der Waals surface area contributed by atoms with E-state index >= 15 is 0 Å². The second-order valence-electron chi connectivity index (χ2n) is 4.26. The van der Waals surface area contributed by atoms with Crippen LogP contribution in [0.15, 0.2) is 52.4 Å². The Kier molecular flexibility index (Phi) is 4.93. The predicted octanol–water partition coefficient (Wildman–Crippen LogP) is 2.93. The Labute approximate surface area is 135 Å². The lowest BCUT2D eigenvalue weighted by Crippen LogP contribution is -2.02. The molecule has 0 unspecified atom stereocenters. The molecule has 106 valence electrons. The van der Waals surface area contributed by atoms with Crippen molar-refractivity contribution in [2.75, 3.05) is 5.32 Å². The largest absolute Gasteiger partial charge is 0.345 e. The standard InChI is InChI=1S/C15H9BrN6/c16-13-8-20-22(10-13)9-11-1-3-14(4-2-11)21-15(7-19)12(5-17)6-18/h1-4,8,10,21H,9H2. The Morgan fingerprint density at radius 3 is 2.32 bits per heavy atom. The molecule has 1 aromatic heterocycles. The molecule has 0 radical (unpaired) electrons. The molecule has 0 aliphatic carbocycles. The minimum atomic E-state index is -0.243. The number of rotatable bonds is 4. The Morgan fingerprint density at radius 2 is 1.82 bits per heavy atom. The third-order valence-electron chi connectivity index (χ3n) is 2.75. The fraction of sp³-hybridized carbons (Fsp3) is 0.0667. The van der Waals surface area contributed by atoms with Gasteiger partial charge in [-0.1, -0.05) is 12.1 Å². The van der Waals surface area contributed by atoms with Gasteiger partial charge >= 0.3 is 0 Å². The molecule has 0 spiro atoms. The fourth-order valence-electron chi connectivity index (χ4n) is 1.73. The smallest absolute Gasteiger partial charge is 0.163 e. The van der Waals surface area contributed by atoms with Crippen molar-refractivity contribution in [1.82, 2.24) is 9.78 Å². The highest BCUT2D eigenvalue weighted by Crippen LogP contribution is 2.15. The van der Waals surface area contributed by atoms with Crippen LogP contribution < -0.4 is 5.32 Å². The molecule has 1 heterocycles. The number of allylic oxidation sites excluding steroid dienone is 2. The highest BCUT2D eigenvalue weighted by Gasteiger charge is 2.06. The Balaban J connectivity index is 2.13. The summed E-state index contributed by atoms with van der Waals surface area (Å²) < 4.78 is 2.70. The summed E-state index contributed by atoms with van der Waals surface area (Å²) in [4.78, 5) is 0. The Bertz CT molecular complexity index is 811. The number of hydrogen-bond donors (Lipinski definition) is 1. The molecule has 2 aromatic rings. The van der Waals surface area contributed by atoms with Crippen molar-refractivity contribution in [3.8, 4) is 18.2 Å². The maximum Gasteiger partial charge on any atom is 0.163 e. The number of nitrogens with zero attached hydrogens (tertiary/aromatic N) is 5. The van der Waals surface area contributed by atoms with Gasteiger partial charge in [-0.2, -0.15) is 20.9 Å². The van der Waals surface area contributed by atoms with Crippen LogP contribution in [0.4, 0.5) is 5.69 Å². The molecule has 7 heteroatoms. The number of anilines is 1. The van der Waals surface area contributed by atoms with Crippen molar-refractivity contribution >= 4 is 21.6 Å². The Morgan fingerprint density at radius 1 is 1.14 bits per heavy atom. The van der Waals surface area contributed by atoms with Crippen molar-refractivity contribution in [1.29, 1.82) is 15.8 Å². The molecule has 0 fully saturated rings. The van der Waals surface area contributed by atoms with Gasteiger partial charge in [-0.3, -0.25) is 4.68 Å². The van der Waals surface area contributed by atoms with Crippen LogP contribution in [-0.4, -0.2) is 9.78 Å². The van der Waals surface area contributed by atoms with E-state index in [0.29, 0.717) is 12.2 Å². The highest BCUT2D eigenvalue weighted by atomic mass is 79.9. The summed E-state index contributed by atoms with van der Waals surface area (Å²) >= 11 is 3.34. The van der Waals surface area contributed by atoms with Crippen LogP contribution >= 0.6 is 15.9 Å². The number of hydrogen-bond acceptors (Lipinski definition) is 5. The van der Waals surface area contributed by atoms with Crippen LogP contribution in [0.1, 0.15) is 5.56 Å². The van der Waals surface area contributed by atoms with E-state index in [1.807, 2.05) is 24.4 Å². The molecule has 0 atom stereocenters. The average Bonchev–Trinajstić information content (AvgIpc) is 2.94. The summed E-state index contributed by atoms with van der Waals surface area (Å²) in [7, 11) is 0. The van der Waals surface area contributed by atoms with Crippen LogP contribution in [0.25, 0.3) is 0 Å². The zero-order valence-electron chi connectivity index (χ0n) is 11.3. The van der Waals surface area contributed by atoms with Gasteiger partial charge in [-0.25, -0.2) is 0 Å². The zero-order chi connectivity index (χ0) is 15.9. The van der Waals surface area contributed by atoms with Crippen molar-refractivity contribution < 1.29 is 0 Å². The summed E-state index contributed by atoms with van der Waals surface area (Å²) in [6.45, 7) is 0.620. The van der Waals surface area contributed by atoms with Crippen LogP contribution in [0.5, 0.6) is 0 Å². The minimum Gasteiger partial charge on any atom is -0.345 e. The number of aromatic nitrogens is 2. The van der Waals surface area contributed by atoms with Crippen molar-refractivity contribution in [2.24, 2.45) is 0 Å². The molecule has 0 amide bonds. The topological polar surface area (TPSA) is 101 Å². The van der Waals surface area contributed by atoms with Gasteiger partial charge in [0.05, 0.1) is 17.2 Å². The van der Waals surface area contributed by atoms with Gasteiger partial charge in [0, 0.05) is 11.9 Å². The zero-order valence-corrected chi connectivity index (χ0v) is 12.9. The third-order valence-corrected chi connectivity index (χ3v) is 3.16. The molecule has 0 aliphatic rings. The molecular weight excluding hydrogens is 344 g/mol. The van der Waals surface area contributed by atoms with Crippen LogP contribution in [0.2, 0.25) is 0 Å². The SMILES string of the molecule is N#CC(C#N)=C(C#N)Nc1ccc(Cn2cc(Br)cn2)cc1. The van der Waals surface area contributed by atoms with E-state index in [1.165, 1.54) is 0 Å². The molecule has 1 N–H and O–H groups in total. The van der Waals surface area contributed by atoms with Gasteiger partial charge < -0.3 is 5.32 Å². The molecule has 6 nitrogen and oxygen atoms in total. The predicted molar refractivity (Wildman–Crippen MR) is 83.0 cm³/mol. The van der Waals surface area contributed by atoms with E-state index in [0.717, 1.165) is 10.0 Å². The fourth-order valence-corrected chi connectivity index (χ4v) is 2.06. The van der Waals surface area contributed by atoms with Gasteiger partial charge in [0.25, 0.3) is 0 Å². The summed E-state index contributed by atoms with van der Waals surface area (Å²) in [5.74, 6) is 0. The first-order valence-electron chi connectivity index (χ1n) is 6.14. The second-order valence-corrected chi connectivity index (χ2v) is 5.18. The number of nitrogens with one attached hydrogen (secondary N) is 1. The van der Waals surface area contributed by atoms with Crippen molar-refractivity contribution in [2.45, 2.75) is 6.54 Å². The maximum atomic E-state index is 8.98. The average molecular weight is 353 g/mol. The second kappa shape index (κ2) is 7.08. The molecule has 22 heavy (non-hydrogen) atoms. The highest BCUT2D eigenvalue weighted by molar-refractivity contribution is 9.10. The number of nitriles is 3. The van der Waals surface area contributed by atoms with Gasteiger partial charge in [0.15, 0.2) is 5.57 Å². The lowest BCUT2D eigenvalue weighted by atomic mass is 10.2. The van der Waals surface area contributed by atoms with Gasteiger partial charge in [-0.05, 0) is 33.6 Å². The van der Waals surface area contributed by atoms with E-state index in [1.54, 1.807) is 35.1 Å². The Hall–Kier alpha value is -3.08. The monoisotopic (exact) mass is 352 g/mol. The summed E-state index contributed by atoms with van der Waals surface area (Å²) in [6.07, 6.45) is 3.58. The normalized spacial score (nSPS) is 9.18. The van der Waals surface area contributed by atoms with Crippen LogP contribution in [0.3, 0.4) is 0 Å². The molecule has 0 aliphatic heterocycles. The van der Waals surface area contributed by atoms with E-state index < -0.39 is 0 Å². The van der Waals surface area contributed by atoms with Gasteiger partial charge in [0.2, 0.25) is 0 Å². The lowest BCUT2D eigenvalue weighted by Gasteiger charge is -2.06. The van der Waals surface area contributed by atoms with Crippen molar-refractivity contribution in [3.63, 3.8) is 0 Å².